The summed E-state index contributed by atoms with van der Waals surface area (Å²) in [6, 6.07) is 0. The number of hydrogen-bond acceptors (Lipinski definition) is 3. The summed E-state index contributed by atoms with van der Waals surface area (Å²) in [5.41, 5.74) is 0. The number of hydrogen-bond donors (Lipinski definition) is 0. The standard InChI is InChI=1S/C12H18O3/c1-2-11(13)10-7-5-3-4-6-8-12(14)15-9-10/h3,5,10H,2,4,6-9H2,1H3/b5-3-. The zero-order valence-corrected chi connectivity index (χ0v) is 9.20. The van der Waals surface area contributed by atoms with Gasteiger partial charge in [-0.15, -0.1) is 0 Å². The van der Waals surface area contributed by atoms with Gasteiger partial charge in [-0.1, -0.05) is 19.1 Å². The van der Waals surface area contributed by atoms with Gasteiger partial charge in [-0.25, -0.2) is 0 Å². The van der Waals surface area contributed by atoms with Gasteiger partial charge < -0.3 is 4.74 Å². The van der Waals surface area contributed by atoms with Crippen molar-refractivity contribution >= 4 is 11.8 Å². The van der Waals surface area contributed by atoms with Gasteiger partial charge in [0.25, 0.3) is 0 Å². The topological polar surface area (TPSA) is 43.4 Å². The Morgan fingerprint density at radius 1 is 1.53 bits per heavy atom. The first-order chi connectivity index (χ1) is 7.24. The highest BCUT2D eigenvalue weighted by molar-refractivity contribution is 5.81. The zero-order valence-electron chi connectivity index (χ0n) is 9.20. The molecule has 0 aromatic heterocycles. The second-order valence-electron chi connectivity index (χ2n) is 3.80. The number of ether oxygens (including phenoxy) is 1. The average molecular weight is 210 g/mol. The molecule has 0 spiro atoms. The van der Waals surface area contributed by atoms with Gasteiger partial charge in [-0.2, -0.15) is 0 Å². The van der Waals surface area contributed by atoms with E-state index in [-0.39, 0.29) is 24.3 Å². The van der Waals surface area contributed by atoms with Crippen LogP contribution >= 0.6 is 0 Å². The molecule has 1 aliphatic heterocycles. The monoisotopic (exact) mass is 210 g/mol. The molecular formula is C12H18O3. The van der Waals surface area contributed by atoms with Crippen LogP contribution in [0.5, 0.6) is 0 Å². The van der Waals surface area contributed by atoms with Crippen LogP contribution in [-0.4, -0.2) is 18.4 Å². The molecule has 0 aliphatic carbocycles. The van der Waals surface area contributed by atoms with Gasteiger partial charge in [-0.3, -0.25) is 9.59 Å². The first-order valence-corrected chi connectivity index (χ1v) is 5.57. The second kappa shape index (κ2) is 6.38. The molecule has 1 rings (SSSR count). The highest BCUT2D eigenvalue weighted by Crippen LogP contribution is 2.12. The molecule has 1 atom stereocenters. The van der Waals surface area contributed by atoms with Gasteiger partial charge in [0, 0.05) is 12.8 Å². The predicted octanol–water partition coefficient (Wildman–Crippen LogP) is 2.26. The van der Waals surface area contributed by atoms with E-state index in [0.717, 1.165) is 12.8 Å². The van der Waals surface area contributed by atoms with Crippen LogP contribution in [0, 0.1) is 5.92 Å². The molecule has 0 aromatic carbocycles. The Morgan fingerprint density at radius 3 is 3.07 bits per heavy atom. The number of esters is 1. The van der Waals surface area contributed by atoms with Crippen molar-refractivity contribution in [3.05, 3.63) is 12.2 Å². The molecule has 0 saturated carbocycles. The summed E-state index contributed by atoms with van der Waals surface area (Å²) in [5, 5.41) is 0. The fourth-order valence-electron chi connectivity index (χ4n) is 1.59. The minimum absolute atomic E-state index is 0.145. The summed E-state index contributed by atoms with van der Waals surface area (Å²) in [5.74, 6) is -0.152. The van der Waals surface area contributed by atoms with Crippen LogP contribution in [0.1, 0.15) is 39.0 Å². The number of Topliss-reactive ketones (excluding diaryl/α,β-unsaturated/α-hetero) is 1. The third-order valence-electron chi connectivity index (χ3n) is 2.59. The van der Waals surface area contributed by atoms with Crippen molar-refractivity contribution in [3.8, 4) is 0 Å². The number of rotatable bonds is 2. The molecule has 1 unspecified atom stereocenters. The molecule has 0 aromatic rings. The van der Waals surface area contributed by atoms with Crippen molar-refractivity contribution in [2.24, 2.45) is 5.92 Å². The summed E-state index contributed by atoms with van der Waals surface area (Å²) in [7, 11) is 0. The van der Waals surface area contributed by atoms with Crippen LogP contribution in [0.2, 0.25) is 0 Å². The summed E-state index contributed by atoms with van der Waals surface area (Å²) in [4.78, 5) is 22.7. The predicted molar refractivity (Wildman–Crippen MR) is 57.4 cm³/mol. The summed E-state index contributed by atoms with van der Waals surface area (Å²) in [6.07, 6.45) is 7.46. The number of allylic oxidation sites excluding steroid dienone is 2. The molecule has 0 saturated heterocycles. The van der Waals surface area contributed by atoms with E-state index in [1.807, 2.05) is 13.0 Å². The zero-order chi connectivity index (χ0) is 11.1. The van der Waals surface area contributed by atoms with E-state index in [2.05, 4.69) is 6.08 Å². The minimum atomic E-state index is -0.181. The van der Waals surface area contributed by atoms with E-state index in [0.29, 0.717) is 19.3 Å². The molecule has 15 heavy (non-hydrogen) atoms. The lowest BCUT2D eigenvalue weighted by molar-refractivity contribution is -0.146. The van der Waals surface area contributed by atoms with Crippen LogP contribution in [0.15, 0.2) is 12.2 Å². The van der Waals surface area contributed by atoms with Gasteiger partial charge in [-0.05, 0) is 19.3 Å². The fraction of sp³-hybridized carbons (Fsp3) is 0.667. The van der Waals surface area contributed by atoms with Crippen molar-refractivity contribution in [2.45, 2.75) is 39.0 Å². The molecule has 1 heterocycles. The summed E-state index contributed by atoms with van der Waals surface area (Å²) < 4.78 is 5.06. The second-order valence-corrected chi connectivity index (χ2v) is 3.80. The van der Waals surface area contributed by atoms with Gasteiger partial charge in [0.05, 0.1) is 5.92 Å². The summed E-state index contributed by atoms with van der Waals surface area (Å²) in [6.45, 7) is 2.09. The van der Waals surface area contributed by atoms with Crippen LogP contribution in [0.3, 0.4) is 0 Å². The Kier molecular flexibility index (Phi) is 5.08. The lowest BCUT2D eigenvalue weighted by Gasteiger charge is -2.14. The number of carbonyl (C=O) groups excluding carboxylic acids is 2. The lowest BCUT2D eigenvalue weighted by Crippen LogP contribution is -2.21. The van der Waals surface area contributed by atoms with Gasteiger partial charge in [0.1, 0.15) is 12.4 Å². The van der Waals surface area contributed by atoms with E-state index in [4.69, 9.17) is 4.74 Å². The maximum Gasteiger partial charge on any atom is 0.305 e. The molecule has 0 N–H and O–H groups in total. The fourth-order valence-corrected chi connectivity index (χ4v) is 1.59. The third kappa shape index (κ3) is 4.28. The smallest absolute Gasteiger partial charge is 0.305 e. The Bertz CT molecular complexity index is 256. The number of cyclic esters (lactones) is 1. The van der Waals surface area contributed by atoms with E-state index in [9.17, 15) is 9.59 Å². The van der Waals surface area contributed by atoms with Crippen molar-refractivity contribution in [1.82, 2.24) is 0 Å². The highest BCUT2D eigenvalue weighted by atomic mass is 16.5. The van der Waals surface area contributed by atoms with E-state index < -0.39 is 0 Å². The number of carbonyl (C=O) groups is 2. The quantitative estimate of drug-likeness (QED) is 0.518. The SMILES string of the molecule is CCC(=O)C1C/C=C\CCCC(=O)OC1. The Hall–Kier alpha value is -1.12. The number of ketones is 1. The molecule has 3 nitrogen and oxygen atoms in total. The minimum Gasteiger partial charge on any atom is -0.465 e. The average Bonchev–Trinajstić information content (AvgIpc) is 2.26. The van der Waals surface area contributed by atoms with E-state index in [1.54, 1.807) is 0 Å². The Labute approximate surface area is 90.5 Å². The molecular weight excluding hydrogens is 192 g/mol. The largest absolute Gasteiger partial charge is 0.465 e. The van der Waals surface area contributed by atoms with Crippen molar-refractivity contribution < 1.29 is 14.3 Å². The molecule has 3 heteroatoms. The van der Waals surface area contributed by atoms with Crippen LogP contribution in [0.4, 0.5) is 0 Å². The van der Waals surface area contributed by atoms with Crippen LogP contribution < -0.4 is 0 Å². The van der Waals surface area contributed by atoms with Crippen LogP contribution in [0.25, 0.3) is 0 Å². The summed E-state index contributed by atoms with van der Waals surface area (Å²) >= 11 is 0. The van der Waals surface area contributed by atoms with E-state index >= 15 is 0 Å². The highest BCUT2D eigenvalue weighted by Gasteiger charge is 2.18. The maximum atomic E-state index is 11.5. The van der Waals surface area contributed by atoms with Gasteiger partial charge in [0.2, 0.25) is 0 Å². The van der Waals surface area contributed by atoms with Gasteiger partial charge >= 0.3 is 5.97 Å². The first-order valence-electron chi connectivity index (χ1n) is 5.57. The molecule has 0 bridgehead atoms. The van der Waals surface area contributed by atoms with Crippen molar-refractivity contribution in [1.29, 1.82) is 0 Å². The maximum absolute atomic E-state index is 11.5. The van der Waals surface area contributed by atoms with Crippen molar-refractivity contribution in [2.75, 3.05) is 6.61 Å². The van der Waals surface area contributed by atoms with Crippen LogP contribution in [-0.2, 0) is 14.3 Å². The first kappa shape index (κ1) is 12.0. The molecule has 0 fully saturated rings. The molecule has 0 amide bonds. The Balaban J connectivity index is 2.56. The van der Waals surface area contributed by atoms with Crippen molar-refractivity contribution in [3.63, 3.8) is 0 Å². The third-order valence-corrected chi connectivity index (χ3v) is 2.59. The molecule has 1 aliphatic rings. The molecule has 0 radical (unpaired) electrons. The Morgan fingerprint density at radius 2 is 2.33 bits per heavy atom. The normalized spacial score (nSPS) is 25.4. The molecule has 84 valence electrons. The van der Waals surface area contributed by atoms with Gasteiger partial charge in [0.15, 0.2) is 0 Å². The van der Waals surface area contributed by atoms with E-state index in [1.165, 1.54) is 0 Å². The lowest BCUT2D eigenvalue weighted by atomic mass is 9.98.